The van der Waals surface area contributed by atoms with Crippen LogP contribution in [-0.2, 0) is 16.0 Å². The standard InChI is InChI=1S/C15H21NO3/c1-3-4-9-19-14-7-5-13(6-8-14)10-15(18)16-12(2)11-17/h5-8,11-12H,3-4,9-10H2,1-2H3,(H,16,18)/t12-/m0/s1. The van der Waals surface area contributed by atoms with Crippen molar-refractivity contribution < 1.29 is 14.3 Å². The molecule has 104 valence electrons. The van der Waals surface area contributed by atoms with Crippen LogP contribution < -0.4 is 10.1 Å². The van der Waals surface area contributed by atoms with E-state index in [9.17, 15) is 9.59 Å². The summed E-state index contributed by atoms with van der Waals surface area (Å²) in [5, 5.41) is 2.60. The van der Waals surface area contributed by atoms with Crippen LogP contribution in [0, 0.1) is 0 Å². The van der Waals surface area contributed by atoms with Crippen molar-refractivity contribution in [1.82, 2.24) is 5.32 Å². The fourth-order valence-electron chi connectivity index (χ4n) is 1.56. The van der Waals surface area contributed by atoms with Gasteiger partial charge in [0.25, 0.3) is 0 Å². The van der Waals surface area contributed by atoms with E-state index >= 15 is 0 Å². The molecule has 0 heterocycles. The van der Waals surface area contributed by atoms with Crippen molar-refractivity contribution >= 4 is 12.2 Å². The summed E-state index contributed by atoms with van der Waals surface area (Å²) in [6, 6.07) is 7.02. The first kappa shape index (κ1) is 15.2. The Morgan fingerprint density at radius 3 is 2.63 bits per heavy atom. The van der Waals surface area contributed by atoms with E-state index in [4.69, 9.17) is 4.74 Å². The molecule has 1 amide bonds. The van der Waals surface area contributed by atoms with Gasteiger partial charge in [-0.05, 0) is 31.0 Å². The zero-order valence-corrected chi connectivity index (χ0v) is 11.5. The van der Waals surface area contributed by atoms with Crippen LogP contribution in [-0.4, -0.2) is 24.8 Å². The lowest BCUT2D eigenvalue weighted by Crippen LogP contribution is -2.34. The summed E-state index contributed by atoms with van der Waals surface area (Å²) >= 11 is 0. The third-order valence-electron chi connectivity index (χ3n) is 2.65. The monoisotopic (exact) mass is 263 g/mol. The minimum Gasteiger partial charge on any atom is -0.494 e. The van der Waals surface area contributed by atoms with E-state index in [0.29, 0.717) is 12.9 Å². The van der Waals surface area contributed by atoms with Crippen molar-refractivity contribution in [3.63, 3.8) is 0 Å². The van der Waals surface area contributed by atoms with E-state index in [1.165, 1.54) is 0 Å². The van der Waals surface area contributed by atoms with Gasteiger partial charge in [-0.2, -0.15) is 0 Å². The van der Waals surface area contributed by atoms with E-state index in [1.54, 1.807) is 6.92 Å². The van der Waals surface area contributed by atoms with Crippen LogP contribution in [0.25, 0.3) is 0 Å². The number of rotatable bonds is 8. The molecule has 1 aromatic carbocycles. The summed E-state index contributed by atoms with van der Waals surface area (Å²) in [4.78, 5) is 22.0. The van der Waals surface area contributed by atoms with Crippen LogP contribution in [0.2, 0.25) is 0 Å². The Kier molecular flexibility index (Phi) is 6.64. The van der Waals surface area contributed by atoms with Gasteiger partial charge in [-0.1, -0.05) is 25.5 Å². The molecule has 0 fully saturated rings. The Morgan fingerprint density at radius 1 is 1.37 bits per heavy atom. The van der Waals surface area contributed by atoms with Crippen LogP contribution in [0.3, 0.4) is 0 Å². The molecule has 0 saturated carbocycles. The fraction of sp³-hybridized carbons (Fsp3) is 0.467. The van der Waals surface area contributed by atoms with Crippen LogP contribution in [0.4, 0.5) is 0 Å². The second-order valence-corrected chi connectivity index (χ2v) is 4.52. The van der Waals surface area contributed by atoms with Crippen molar-refractivity contribution in [3.8, 4) is 5.75 Å². The van der Waals surface area contributed by atoms with Gasteiger partial charge in [-0.3, -0.25) is 4.79 Å². The van der Waals surface area contributed by atoms with E-state index in [0.717, 1.165) is 24.2 Å². The molecular weight excluding hydrogens is 242 g/mol. The number of aldehydes is 1. The van der Waals surface area contributed by atoms with E-state index in [1.807, 2.05) is 24.3 Å². The molecule has 1 aromatic rings. The molecule has 0 bridgehead atoms. The zero-order valence-electron chi connectivity index (χ0n) is 11.5. The maximum Gasteiger partial charge on any atom is 0.224 e. The summed E-state index contributed by atoms with van der Waals surface area (Å²) in [5.41, 5.74) is 0.901. The van der Waals surface area contributed by atoms with Gasteiger partial charge < -0.3 is 14.8 Å². The highest BCUT2D eigenvalue weighted by Crippen LogP contribution is 2.13. The predicted molar refractivity (Wildman–Crippen MR) is 74.2 cm³/mol. The third-order valence-corrected chi connectivity index (χ3v) is 2.65. The Hall–Kier alpha value is -1.84. The maximum atomic E-state index is 11.6. The predicted octanol–water partition coefficient (Wildman–Crippen LogP) is 2.11. The average Bonchev–Trinajstić information content (AvgIpc) is 2.40. The normalized spacial score (nSPS) is 11.7. The Morgan fingerprint density at radius 2 is 2.05 bits per heavy atom. The summed E-state index contributed by atoms with van der Waals surface area (Å²) in [6.07, 6.45) is 3.12. The number of amides is 1. The molecule has 4 heteroatoms. The Bertz CT molecular complexity index is 400. The molecule has 0 aliphatic rings. The Balaban J connectivity index is 2.43. The average molecular weight is 263 g/mol. The van der Waals surface area contributed by atoms with Gasteiger partial charge >= 0.3 is 0 Å². The first-order valence-corrected chi connectivity index (χ1v) is 6.62. The molecule has 0 spiro atoms. The van der Waals surface area contributed by atoms with Gasteiger partial charge in [0.2, 0.25) is 5.91 Å². The molecule has 0 aromatic heterocycles. The number of nitrogens with one attached hydrogen (secondary N) is 1. The second kappa shape index (κ2) is 8.29. The summed E-state index contributed by atoms with van der Waals surface area (Å²) in [5.74, 6) is 0.665. The van der Waals surface area contributed by atoms with Gasteiger partial charge in [0.05, 0.1) is 19.1 Å². The number of carbonyl (C=O) groups excluding carboxylic acids is 2. The molecule has 0 radical (unpaired) electrons. The Labute approximate surface area is 114 Å². The first-order valence-electron chi connectivity index (χ1n) is 6.62. The van der Waals surface area contributed by atoms with Crippen molar-refractivity contribution in [2.24, 2.45) is 0 Å². The summed E-state index contributed by atoms with van der Waals surface area (Å²) < 4.78 is 5.54. The number of unbranched alkanes of at least 4 members (excludes halogenated alkanes) is 1. The van der Waals surface area contributed by atoms with Crippen molar-refractivity contribution in [2.75, 3.05) is 6.61 Å². The number of hydrogen-bond acceptors (Lipinski definition) is 3. The first-order chi connectivity index (χ1) is 9.15. The highest BCUT2D eigenvalue weighted by Gasteiger charge is 2.07. The van der Waals surface area contributed by atoms with Gasteiger partial charge in [0.15, 0.2) is 0 Å². The number of benzene rings is 1. The molecule has 1 N–H and O–H groups in total. The third kappa shape index (κ3) is 6.04. The van der Waals surface area contributed by atoms with E-state index in [-0.39, 0.29) is 12.3 Å². The lowest BCUT2D eigenvalue weighted by molar-refractivity contribution is -0.123. The molecule has 0 aliphatic heterocycles. The van der Waals surface area contributed by atoms with E-state index in [2.05, 4.69) is 12.2 Å². The molecular formula is C15H21NO3. The van der Waals surface area contributed by atoms with Crippen LogP contribution in [0.5, 0.6) is 5.75 Å². The topological polar surface area (TPSA) is 55.4 Å². The molecule has 1 rings (SSSR count). The summed E-state index contributed by atoms with van der Waals surface area (Å²) in [7, 11) is 0. The fourth-order valence-corrected chi connectivity index (χ4v) is 1.56. The maximum absolute atomic E-state index is 11.6. The second-order valence-electron chi connectivity index (χ2n) is 4.52. The minimum atomic E-state index is -0.441. The smallest absolute Gasteiger partial charge is 0.224 e. The lowest BCUT2D eigenvalue weighted by atomic mass is 10.1. The molecule has 4 nitrogen and oxygen atoms in total. The molecule has 0 aliphatic carbocycles. The molecule has 0 saturated heterocycles. The summed E-state index contributed by atoms with van der Waals surface area (Å²) in [6.45, 7) is 4.48. The SMILES string of the molecule is CCCCOc1ccc(CC(=O)N[C@@H](C)C=O)cc1. The number of carbonyl (C=O) groups is 2. The molecule has 19 heavy (non-hydrogen) atoms. The van der Waals surface area contributed by atoms with Crippen molar-refractivity contribution in [1.29, 1.82) is 0 Å². The number of hydrogen-bond donors (Lipinski definition) is 1. The van der Waals surface area contributed by atoms with Crippen LogP contribution in [0.1, 0.15) is 32.3 Å². The minimum absolute atomic E-state index is 0.153. The van der Waals surface area contributed by atoms with Gasteiger partial charge in [0.1, 0.15) is 12.0 Å². The quantitative estimate of drug-likeness (QED) is 0.577. The zero-order chi connectivity index (χ0) is 14.1. The van der Waals surface area contributed by atoms with Gasteiger partial charge in [0, 0.05) is 0 Å². The highest BCUT2D eigenvalue weighted by atomic mass is 16.5. The van der Waals surface area contributed by atoms with Gasteiger partial charge in [-0.25, -0.2) is 0 Å². The molecule has 1 atom stereocenters. The largest absolute Gasteiger partial charge is 0.494 e. The van der Waals surface area contributed by atoms with E-state index < -0.39 is 6.04 Å². The van der Waals surface area contributed by atoms with Crippen LogP contribution in [0.15, 0.2) is 24.3 Å². The highest BCUT2D eigenvalue weighted by molar-refractivity contribution is 5.81. The van der Waals surface area contributed by atoms with Crippen molar-refractivity contribution in [2.45, 2.75) is 39.2 Å². The van der Waals surface area contributed by atoms with Crippen molar-refractivity contribution in [3.05, 3.63) is 29.8 Å². The van der Waals surface area contributed by atoms with Gasteiger partial charge in [-0.15, -0.1) is 0 Å². The van der Waals surface area contributed by atoms with Crippen LogP contribution >= 0.6 is 0 Å². The lowest BCUT2D eigenvalue weighted by Gasteiger charge is -2.08. The number of ether oxygens (including phenoxy) is 1. The molecule has 0 unspecified atom stereocenters.